The monoisotopic (exact) mass is 697 g/mol. The Morgan fingerprint density at radius 3 is 1.13 bits per heavy atom. The molecule has 0 radical (unpaired) electrons. The Bertz CT molecular complexity index is 3170. The van der Waals surface area contributed by atoms with Crippen LogP contribution in [0.4, 0.5) is 0 Å². The van der Waals surface area contributed by atoms with Gasteiger partial charge in [-0.15, -0.1) is 0 Å². The lowest BCUT2D eigenvalue weighted by Gasteiger charge is -2.10. The maximum absolute atomic E-state index is 2.47. The molecule has 256 valence electrons. The highest BCUT2D eigenvalue weighted by Crippen LogP contribution is 2.43. The van der Waals surface area contributed by atoms with Gasteiger partial charge in [-0.1, -0.05) is 164 Å². The van der Waals surface area contributed by atoms with E-state index in [1.165, 1.54) is 105 Å². The fraction of sp³-hybridized carbons (Fsp3) is 0. The van der Waals surface area contributed by atoms with Gasteiger partial charge in [-0.3, -0.25) is 0 Å². The molecule has 0 aliphatic heterocycles. The van der Waals surface area contributed by atoms with Gasteiger partial charge in [-0.25, -0.2) is 0 Å². The molecule has 11 rings (SSSR count). The minimum Gasteiger partial charge on any atom is -0.308 e. The Balaban J connectivity index is 1.01. The van der Waals surface area contributed by atoms with Crippen LogP contribution in [0.3, 0.4) is 0 Å². The van der Waals surface area contributed by atoms with Crippen LogP contribution >= 0.6 is 0 Å². The second kappa shape index (κ2) is 12.7. The number of benzene rings is 9. The van der Waals surface area contributed by atoms with E-state index >= 15 is 0 Å². The van der Waals surface area contributed by atoms with E-state index in [4.69, 9.17) is 0 Å². The van der Waals surface area contributed by atoms with Crippen molar-refractivity contribution < 1.29 is 0 Å². The predicted octanol–water partition coefficient (Wildman–Crippen LogP) is 14.8. The largest absolute Gasteiger partial charge is 0.308 e. The Morgan fingerprint density at radius 1 is 0.200 bits per heavy atom. The molecule has 2 heterocycles. The van der Waals surface area contributed by atoms with E-state index < -0.39 is 0 Å². The van der Waals surface area contributed by atoms with Gasteiger partial charge < -0.3 is 4.40 Å². The molecule has 0 saturated heterocycles. The van der Waals surface area contributed by atoms with Crippen molar-refractivity contribution >= 4 is 38.1 Å². The van der Waals surface area contributed by atoms with Crippen molar-refractivity contribution in [3.8, 4) is 66.8 Å². The van der Waals surface area contributed by atoms with Crippen molar-refractivity contribution in [2.75, 3.05) is 0 Å². The zero-order valence-electron chi connectivity index (χ0n) is 30.2. The summed E-state index contributed by atoms with van der Waals surface area (Å²) < 4.78 is 2.47. The fourth-order valence-corrected chi connectivity index (χ4v) is 8.60. The van der Waals surface area contributed by atoms with Gasteiger partial charge in [0, 0.05) is 21.5 Å². The van der Waals surface area contributed by atoms with Crippen molar-refractivity contribution in [1.29, 1.82) is 0 Å². The molecule has 1 nitrogen and oxygen atoms in total. The van der Waals surface area contributed by atoms with Crippen LogP contribution in [0.2, 0.25) is 0 Å². The van der Waals surface area contributed by atoms with Crippen LogP contribution in [0.15, 0.2) is 212 Å². The standard InChI is InChI=1S/C54H35N/c1-3-12-36(13-4-1)38-24-26-39(27-25-38)41-17-9-18-42(30-41)43-19-11-20-44(32-43)46-28-29-53-49(33-46)51-35-47(34-50-48-22-7-8-23-52(48)55(53)54(50)51)45-21-10-16-40(31-45)37-14-5-2-6-15-37/h1-35H. The molecule has 0 aliphatic rings. The summed E-state index contributed by atoms with van der Waals surface area (Å²) in [6, 6.07) is 77.6. The van der Waals surface area contributed by atoms with Crippen LogP contribution in [0.5, 0.6) is 0 Å². The number of hydrogen-bond donors (Lipinski definition) is 0. The first-order valence-electron chi connectivity index (χ1n) is 19.0. The summed E-state index contributed by atoms with van der Waals surface area (Å²) in [5, 5.41) is 5.14. The molecule has 1 heteroatoms. The number of rotatable bonds is 6. The van der Waals surface area contributed by atoms with Crippen molar-refractivity contribution in [1.82, 2.24) is 4.40 Å². The van der Waals surface area contributed by atoms with Gasteiger partial charge in [0.25, 0.3) is 0 Å². The van der Waals surface area contributed by atoms with E-state index in [2.05, 4.69) is 217 Å². The molecule has 0 amide bonds. The van der Waals surface area contributed by atoms with Crippen LogP contribution < -0.4 is 0 Å². The third kappa shape index (κ3) is 5.32. The van der Waals surface area contributed by atoms with E-state index in [1.54, 1.807) is 0 Å². The number of aromatic nitrogens is 1. The highest BCUT2D eigenvalue weighted by molar-refractivity contribution is 6.24. The molecule has 0 unspecified atom stereocenters. The van der Waals surface area contributed by atoms with Gasteiger partial charge in [-0.2, -0.15) is 0 Å². The molecule has 0 fully saturated rings. The second-order valence-corrected chi connectivity index (χ2v) is 14.6. The molecule has 9 aromatic carbocycles. The third-order valence-corrected chi connectivity index (χ3v) is 11.3. The SMILES string of the molecule is c1ccc(-c2ccc(-c3cccc(-c4cccc(-c5ccc6c(c5)c5cc(-c7cccc(-c8ccccc8)c7)cc7c8ccccc8n6c75)c4)c3)cc2)cc1. The van der Waals surface area contributed by atoms with Crippen molar-refractivity contribution in [3.05, 3.63) is 212 Å². The molecular weight excluding hydrogens is 663 g/mol. The minimum absolute atomic E-state index is 1.21. The Morgan fingerprint density at radius 2 is 0.545 bits per heavy atom. The lowest BCUT2D eigenvalue weighted by Crippen LogP contribution is -1.85. The molecular formula is C54H35N. The summed E-state index contributed by atoms with van der Waals surface area (Å²) in [4.78, 5) is 0. The summed E-state index contributed by atoms with van der Waals surface area (Å²) in [6.07, 6.45) is 0. The average Bonchev–Trinajstić information content (AvgIpc) is 3.79. The first kappa shape index (κ1) is 31.3. The maximum Gasteiger partial charge on any atom is 0.0620 e. The molecule has 0 saturated carbocycles. The Kier molecular flexibility index (Phi) is 7.25. The van der Waals surface area contributed by atoms with Crippen LogP contribution in [0.1, 0.15) is 0 Å². The third-order valence-electron chi connectivity index (χ3n) is 11.3. The van der Waals surface area contributed by atoms with Crippen LogP contribution in [-0.2, 0) is 0 Å². The summed E-state index contributed by atoms with van der Waals surface area (Å²) in [5.41, 5.74) is 18.4. The summed E-state index contributed by atoms with van der Waals surface area (Å²) in [7, 11) is 0. The van der Waals surface area contributed by atoms with Gasteiger partial charge in [0.15, 0.2) is 0 Å². The smallest absolute Gasteiger partial charge is 0.0620 e. The summed E-state index contributed by atoms with van der Waals surface area (Å²) in [6.45, 7) is 0. The molecule has 0 aliphatic carbocycles. The first-order valence-corrected chi connectivity index (χ1v) is 19.0. The van der Waals surface area contributed by atoms with Gasteiger partial charge in [0.05, 0.1) is 16.6 Å². The van der Waals surface area contributed by atoms with Crippen molar-refractivity contribution in [3.63, 3.8) is 0 Å². The number of fused-ring (bicyclic) bond motifs is 6. The minimum atomic E-state index is 1.21. The molecule has 0 N–H and O–H groups in total. The molecule has 0 spiro atoms. The predicted molar refractivity (Wildman–Crippen MR) is 234 cm³/mol. The van der Waals surface area contributed by atoms with Crippen LogP contribution in [-0.4, -0.2) is 4.40 Å². The molecule has 0 atom stereocenters. The molecule has 2 aromatic heterocycles. The number of para-hydroxylation sites is 1. The Hall–Kier alpha value is -7.22. The van der Waals surface area contributed by atoms with Gasteiger partial charge >= 0.3 is 0 Å². The van der Waals surface area contributed by atoms with E-state index in [1.807, 2.05) is 0 Å². The van der Waals surface area contributed by atoms with E-state index in [9.17, 15) is 0 Å². The van der Waals surface area contributed by atoms with E-state index in [-0.39, 0.29) is 0 Å². The first-order chi connectivity index (χ1) is 27.2. The van der Waals surface area contributed by atoms with E-state index in [0.717, 1.165) is 0 Å². The van der Waals surface area contributed by atoms with Crippen molar-refractivity contribution in [2.24, 2.45) is 0 Å². The van der Waals surface area contributed by atoms with Crippen LogP contribution in [0.25, 0.3) is 105 Å². The average molecular weight is 698 g/mol. The van der Waals surface area contributed by atoms with E-state index in [0.29, 0.717) is 0 Å². The highest BCUT2D eigenvalue weighted by atomic mass is 14.9. The maximum atomic E-state index is 2.47. The van der Waals surface area contributed by atoms with Crippen molar-refractivity contribution in [2.45, 2.75) is 0 Å². The number of hydrogen-bond acceptors (Lipinski definition) is 0. The highest BCUT2D eigenvalue weighted by Gasteiger charge is 2.19. The summed E-state index contributed by atoms with van der Waals surface area (Å²) >= 11 is 0. The molecule has 11 aromatic rings. The molecule has 0 bridgehead atoms. The second-order valence-electron chi connectivity index (χ2n) is 14.6. The normalized spacial score (nSPS) is 11.6. The number of nitrogens with zero attached hydrogens (tertiary/aromatic N) is 1. The Labute approximate surface area is 320 Å². The lowest BCUT2D eigenvalue weighted by atomic mass is 9.94. The van der Waals surface area contributed by atoms with Gasteiger partial charge in [-0.05, 0) is 115 Å². The molecule has 55 heavy (non-hydrogen) atoms. The van der Waals surface area contributed by atoms with Gasteiger partial charge in [0.1, 0.15) is 0 Å². The zero-order valence-corrected chi connectivity index (χ0v) is 30.2. The van der Waals surface area contributed by atoms with Gasteiger partial charge in [0.2, 0.25) is 0 Å². The fourth-order valence-electron chi connectivity index (χ4n) is 8.60. The quantitative estimate of drug-likeness (QED) is 0.163. The zero-order chi connectivity index (χ0) is 36.3. The topological polar surface area (TPSA) is 4.41 Å². The lowest BCUT2D eigenvalue weighted by molar-refractivity contribution is 1.37. The van der Waals surface area contributed by atoms with Crippen LogP contribution in [0, 0.1) is 0 Å². The summed E-state index contributed by atoms with van der Waals surface area (Å²) in [5.74, 6) is 0.